The quantitative estimate of drug-likeness (QED) is 0.389. The minimum Gasteiger partial charge on any atom is -0.392 e. The predicted octanol–water partition coefficient (Wildman–Crippen LogP) is 5.22. The second-order valence-electron chi connectivity index (χ2n) is 7.58. The average Bonchev–Trinajstić information content (AvgIpc) is 3.17. The second kappa shape index (κ2) is 8.06. The molecular formula is C25H19ClN2O3S. The Morgan fingerprint density at radius 1 is 0.844 bits per heavy atom. The summed E-state index contributed by atoms with van der Waals surface area (Å²) < 4.78 is 29.3. The first-order valence-electron chi connectivity index (χ1n) is 10.0. The molecule has 5 aromatic rings. The van der Waals surface area contributed by atoms with Crippen LogP contribution in [0.15, 0.2) is 94.9 Å². The number of benzene rings is 4. The van der Waals surface area contributed by atoms with Crippen molar-refractivity contribution in [3.63, 3.8) is 0 Å². The van der Waals surface area contributed by atoms with Gasteiger partial charge < -0.3 is 5.11 Å². The first-order valence-corrected chi connectivity index (χ1v) is 11.9. The Balaban J connectivity index is 1.74. The van der Waals surface area contributed by atoms with Crippen molar-refractivity contribution in [3.05, 3.63) is 101 Å². The maximum Gasteiger partial charge on any atom is 0.226 e. The van der Waals surface area contributed by atoms with Crippen LogP contribution in [0.5, 0.6) is 0 Å². The predicted molar refractivity (Wildman–Crippen MR) is 126 cm³/mol. The first kappa shape index (κ1) is 20.7. The monoisotopic (exact) mass is 462 g/mol. The molecule has 0 fully saturated rings. The maximum absolute atomic E-state index is 13.8. The van der Waals surface area contributed by atoms with Crippen LogP contribution in [0, 0.1) is 0 Å². The highest BCUT2D eigenvalue weighted by Crippen LogP contribution is 2.33. The van der Waals surface area contributed by atoms with E-state index in [1.807, 2.05) is 42.5 Å². The summed E-state index contributed by atoms with van der Waals surface area (Å²) in [7, 11) is -3.94. The molecule has 1 N–H and O–H groups in total. The van der Waals surface area contributed by atoms with E-state index in [-0.39, 0.29) is 16.5 Å². The Labute approximate surface area is 190 Å². The molecule has 0 saturated heterocycles. The minimum absolute atomic E-state index is 0.0267. The maximum atomic E-state index is 13.8. The van der Waals surface area contributed by atoms with Gasteiger partial charge in [0, 0.05) is 15.8 Å². The third kappa shape index (κ3) is 3.56. The topological polar surface area (TPSA) is 72.2 Å². The van der Waals surface area contributed by atoms with Crippen molar-refractivity contribution in [1.82, 2.24) is 9.78 Å². The Morgan fingerprint density at radius 2 is 1.62 bits per heavy atom. The number of hydrogen-bond donors (Lipinski definition) is 1. The number of halogens is 1. The summed E-state index contributed by atoms with van der Waals surface area (Å²) >= 11 is 6.13. The molecule has 32 heavy (non-hydrogen) atoms. The third-order valence-electron chi connectivity index (χ3n) is 5.48. The molecule has 7 heteroatoms. The van der Waals surface area contributed by atoms with E-state index in [9.17, 15) is 13.5 Å². The van der Waals surface area contributed by atoms with Crippen molar-refractivity contribution in [2.24, 2.45) is 0 Å². The van der Waals surface area contributed by atoms with Crippen molar-refractivity contribution in [2.75, 3.05) is 0 Å². The highest BCUT2D eigenvalue weighted by Gasteiger charge is 2.27. The van der Waals surface area contributed by atoms with Crippen molar-refractivity contribution in [1.29, 1.82) is 0 Å². The molecule has 0 aliphatic heterocycles. The highest BCUT2D eigenvalue weighted by molar-refractivity contribution is 7.91. The van der Waals surface area contributed by atoms with Gasteiger partial charge in [0.25, 0.3) is 0 Å². The largest absolute Gasteiger partial charge is 0.392 e. The summed E-state index contributed by atoms with van der Waals surface area (Å²) in [6, 6.07) is 25.2. The molecular weight excluding hydrogens is 444 g/mol. The molecule has 0 aliphatic rings. The Kier molecular flexibility index (Phi) is 5.21. The summed E-state index contributed by atoms with van der Waals surface area (Å²) in [5, 5.41) is 16.7. The number of aromatic nitrogens is 2. The SMILES string of the molecule is O=S(=O)(c1cccc2ccccc12)c1nn(Cc2cccc(Cl)c2)c2ccc(CO)cc12. The van der Waals surface area contributed by atoms with Crippen LogP contribution in [-0.2, 0) is 23.0 Å². The Hall–Kier alpha value is -3.19. The molecule has 5 rings (SSSR count). The summed E-state index contributed by atoms with van der Waals surface area (Å²) in [6.07, 6.45) is 0. The summed E-state index contributed by atoms with van der Waals surface area (Å²) in [5.74, 6) is 0. The van der Waals surface area contributed by atoms with E-state index >= 15 is 0 Å². The van der Waals surface area contributed by atoms with Crippen molar-refractivity contribution < 1.29 is 13.5 Å². The molecule has 0 bridgehead atoms. The highest BCUT2D eigenvalue weighted by atomic mass is 35.5. The zero-order valence-corrected chi connectivity index (χ0v) is 18.5. The zero-order chi connectivity index (χ0) is 22.3. The smallest absolute Gasteiger partial charge is 0.226 e. The van der Waals surface area contributed by atoms with Crippen LogP contribution in [-0.4, -0.2) is 23.3 Å². The van der Waals surface area contributed by atoms with E-state index in [1.165, 1.54) is 0 Å². The lowest BCUT2D eigenvalue weighted by Crippen LogP contribution is -2.07. The van der Waals surface area contributed by atoms with Gasteiger partial charge in [-0.25, -0.2) is 8.42 Å². The van der Waals surface area contributed by atoms with Crippen LogP contribution >= 0.6 is 11.6 Å². The number of fused-ring (bicyclic) bond motifs is 2. The number of rotatable bonds is 5. The van der Waals surface area contributed by atoms with E-state index in [4.69, 9.17) is 11.6 Å². The van der Waals surface area contributed by atoms with Gasteiger partial charge in [-0.1, -0.05) is 66.2 Å². The molecule has 0 spiro atoms. The Bertz CT molecular complexity index is 1570. The molecule has 0 aliphatic carbocycles. The molecule has 0 saturated carbocycles. The van der Waals surface area contributed by atoms with Gasteiger partial charge in [-0.3, -0.25) is 4.68 Å². The van der Waals surface area contributed by atoms with Crippen LogP contribution in [0.25, 0.3) is 21.7 Å². The van der Waals surface area contributed by atoms with Crippen LogP contribution in [0.3, 0.4) is 0 Å². The van der Waals surface area contributed by atoms with Gasteiger partial charge in [0.15, 0.2) is 5.03 Å². The van der Waals surface area contributed by atoms with Crippen LogP contribution in [0.1, 0.15) is 11.1 Å². The molecule has 1 heterocycles. The fraction of sp³-hybridized carbons (Fsp3) is 0.0800. The fourth-order valence-corrected chi connectivity index (χ4v) is 5.77. The van der Waals surface area contributed by atoms with Gasteiger partial charge in [-0.2, -0.15) is 5.10 Å². The molecule has 160 valence electrons. The van der Waals surface area contributed by atoms with Crippen molar-refractivity contribution in [2.45, 2.75) is 23.1 Å². The van der Waals surface area contributed by atoms with Crippen molar-refractivity contribution in [3.8, 4) is 0 Å². The lowest BCUT2D eigenvalue weighted by atomic mass is 10.1. The van der Waals surface area contributed by atoms with Gasteiger partial charge in [0.2, 0.25) is 9.84 Å². The molecule has 4 aromatic carbocycles. The first-order chi connectivity index (χ1) is 15.5. The zero-order valence-electron chi connectivity index (χ0n) is 16.9. The van der Waals surface area contributed by atoms with E-state index in [2.05, 4.69) is 5.10 Å². The third-order valence-corrected chi connectivity index (χ3v) is 7.46. The van der Waals surface area contributed by atoms with Crippen LogP contribution in [0.4, 0.5) is 0 Å². The van der Waals surface area contributed by atoms with Gasteiger partial charge in [-0.05, 0) is 46.8 Å². The van der Waals surface area contributed by atoms with Gasteiger partial charge >= 0.3 is 0 Å². The molecule has 0 radical (unpaired) electrons. The van der Waals surface area contributed by atoms with E-state index in [1.54, 1.807) is 47.1 Å². The molecule has 0 unspecified atom stereocenters. The summed E-state index contributed by atoms with van der Waals surface area (Å²) in [5.41, 5.74) is 2.19. The average molecular weight is 463 g/mol. The number of aliphatic hydroxyl groups excluding tert-OH is 1. The standard InChI is InChI=1S/C25H19ClN2O3S/c26-20-8-3-5-17(13-20)15-28-23-12-11-18(16-29)14-22(23)25(27-28)32(30,31)24-10-4-7-19-6-1-2-9-21(19)24/h1-14,29H,15-16H2. The van der Waals surface area contributed by atoms with Crippen molar-refractivity contribution >= 4 is 43.1 Å². The van der Waals surface area contributed by atoms with E-state index in [0.717, 1.165) is 10.9 Å². The second-order valence-corrected chi connectivity index (χ2v) is 9.85. The Morgan fingerprint density at radius 3 is 2.44 bits per heavy atom. The van der Waals surface area contributed by atoms with Gasteiger partial charge in [0.1, 0.15) is 0 Å². The molecule has 5 nitrogen and oxygen atoms in total. The molecule has 0 atom stereocenters. The van der Waals surface area contributed by atoms with Gasteiger partial charge in [0.05, 0.1) is 23.6 Å². The van der Waals surface area contributed by atoms with Crippen LogP contribution < -0.4 is 0 Å². The molecule has 1 aromatic heterocycles. The van der Waals surface area contributed by atoms with Gasteiger partial charge in [-0.15, -0.1) is 0 Å². The summed E-state index contributed by atoms with van der Waals surface area (Å²) in [6.45, 7) is 0.170. The van der Waals surface area contributed by atoms with Crippen LogP contribution in [0.2, 0.25) is 5.02 Å². The lowest BCUT2D eigenvalue weighted by molar-refractivity contribution is 0.282. The molecule has 0 amide bonds. The number of hydrogen-bond acceptors (Lipinski definition) is 4. The van der Waals surface area contributed by atoms with E-state index in [0.29, 0.717) is 33.4 Å². The lowest BCUT2D eigenvalue weighted by Gasteiger charge is -2.07. The number of nitrogens with zero attached hydrogens (tertiary/aromatic N) is 2. The fourth-order valence-electron chi connectivity index (χ4n) is 3.96. The number of aliphatic hydroxyl groups is 1. The van der Waals surface area contributed by atoms with E-state index < -0.39 is 9.84 Å². The normalized spacial score (nSPS) is 11.9. The summed E-state index contributed by atoms with van der Waals surface area (Å²) in [4.78, 5) is 0.208. The number of sulfone groups is 1. The minimum atomic E-state index is -3.94.